The molecule has 0 spiro atoms. The van der Waals surface area contributed by atoms with Crippen LogP contribution in [0, 0.1) is 12.7 Å². The van der Waals surface area contributed by atoms with Crippen molar-refractivity contribution in [1.29, 1.82) is 0 Å². The maximum atomic E-state index is 12.9. The second-order valence-electron chi connectivity index (χ2n) is 4.91. The van der Waals surface area contributed by atoms with Crippen molar-refractivity contribution in [2.24, 2.45) is 0 Å². The van der Waals surface area contributed by atoms with Crippen LogP contribution in [0.3, 0.4) is 0 Å². The summed E-state index contributed by atoms with van der Waals surface area (Å²) in [5.41, 5.74) is 2.57. The summed E-state index contributed by atoms with van der Waals surface area (Å²) >= 11 is 0. The number of rotatable bonds is 5. The number of aliphatic hydroxyl groups excluding tert-OH is 1. The average Bonchev–Trinajstić information content (AvgIpc) is 2.49. The summed E-state index contributed by atoms with van der Waals surface area (Å²) in [6.07, 6.45) is -0.272. The zero-order valence-electron chi connectivity index (χ0n) is 12.4. The summed E-state index contributed by atoms with van der Waals surface area (Å²) < 4.78 is 23.4. The van der Waals surface area contributed by atoms with Crippen molar-refractivity contribution in [3.05, 3.63) is 58.9 Å². The van der Waals surface area contributed by atoms with Crippen LogP contribution in [0.5, 0.6) is 11.5 Å². The Morgan fingerprint density at radius 1 is 1.05 bits per heavy atom. The Labute approximate surface area is 124 Å². The van der Waals surface area contributed by atoms with Crippen molar-refractivity contribution < 1.29 is 19.0 Å². The van der Waals surface area contributed by atoms with Gasteiger partial charge in [-0.15, -0.1) is 0 Å². The van der Waals surface area contributed by atoms with E-state index in [1.165, 1.54) is 12.1 Å². The van der Waals surface area contributed by atoms with Crippen LogP contribution in [0.1, 0.15) is 22.8 Å². The largest absolute Gasteiger partial charge is 0.493 e. The number of benzene rings is 2. The van der Waals surface area contributed by atoms with Gasteiger partial charge in [-0.05, 0) is 47.9 Å². The Morgan fingerprint density at radius 2 is 1.62 bits per heavy atom. The normalized spacial score (nSPS) is 12.0. The molecule has 0 heterocycles. The van der Waals surface area contributed by atoms with Crippen LogP contribution in [-0.4, -0.2) is 19.3 Å². The number of halogens is 1. The van der Waals surface area contributed by atoms with Crippen molar-refractivity contribution in [3.8, 4) is 11.5 Å². The fourth-order valence-electron chi connectivity index (χ4n) is 2.31. The molecule has 2 aromatic carbocycles. The van der Waals surface area contributed by atoms with Crippen LogP contribution in [0.4, 0.5) is 4.39 Å². The van der Waals surface area contributed by atoms with Gasteiger partial charge in [-0.2, -0.15) is 0 Å². The van der Waals surface area contributed by atoms with Crippen LogP contribution >= 0.6 is 0 Å². The van der Waals surface area contributed by atoms with Gasteiger partial charge in [0.1, 0.15) is 5.82 Å². The van der Waals surface area contributed by atoms with E-state index < -0.39 is 6.10 Å². The summed E-state index contributed by atoms with van der Waals surface area (Å²) in [5, 5.41) is 10.4. The molecule has 2 rings (SSSR count). The van der Waals surface area contributed by atoms with Gasteiger partial charge in [-0.1, -0.05) is 12.1 Å². The minimum atomic E-state index is -0.685. The number of methoxy groups -OCH3 is 2. The highest BCUT2D eigenvalue weighted by atomic mass is 19.1. The molecule has 0 amide bonds. The first kappa shape index (κ1) is 15.3. The van der Waals surface area contributed by atoms with Crippen LogP contribution in [0.15, 0.2) is 36.4 Å². The molecule has 0 radical (unpaired) electrons. The lowest BCUT2D eigenvalue weighted by atomic mass is 9.97. The molecule has 0 fully saturated rings. The first-order valence-electron chi connectivity index (χ1n) is 6.70. The number of hydrogen-bond acceptors (Lipinski definition) is 3. The summed E-state index contributed by atoms with van der Waals surface area (Å²) in [4.78, 5) is 0. The molecular weight excluding hydrogens is 271 g/mol. The predicted molar refractivity (Wildman–Crippen MR) is 79.3 cm³/mol. The zero-order chi connectivity index (χ0) is 15.4. The molecule has 0 aliphatic rings. The topological polar surface area (TPSA) is 38.7 Å². The average molecular weight is 290 g/mol. The van der Waals surface area contributed by atoms with Crippen molar-refractivity contribution >= 4 is 0 Å². The van der Waals surface area contributed by atoms with E-state index in [2.05, 4.69) is 0 Å². The summed E-state index contributed by atoms with van der Waals surface area (Å²) in [6, 6.07) is 9.75. The molecule has 0 saturated carbocycles. The fraction of sp³-hybridized carbons (Fsp3) is 0.294. The Kier molecular flexibility index (Phi) is 4.81. The maximum absolute atomic E-state index is 12.9. The van der Waals surface area contributed by atoms with E-state index in [-0.39, 0.29) is 5.82 Å². The van der Waals surface area contributed by atoms with Crippen LogP contribution in [-0.2, 0) is 6.42 Å². The molecule has 1 atom stereocenters. The minimum Gasteiger partial charge on any atom is -0.493 e. The Bertz CT molecular complexity index is 608. The molecular formula is C17H19FO3. The monoisotopic (exact) mass is 290 g/mol. The second kappa shape index (κ2) is 6.59. The van der Waals surface area contributed by atoms with Gasteiger partial charge in [0.2, 0.25) is 0 Å². The van der Waals surface area contributed by atoms with Gasteiger partial charge in [-0.3, -0.25) is 0 Å². The lowest BCUT2D eigenvalue weighted by Crippen LogP contribution is -2.05. The van der Waals surface area contributed by atoms with Gasteiger partial charge in [0, 0.05) is 6.42 Å². The summed E-state index contributed by atoms with van der Waals surface area (Å²) in [6.45, 7) is 1.91. The maximum Gasteiger partial charge on any atom is 0.161 e. The second-order valence-corrected chi connectivity index (χ2v) is 4.91. The lowest BCUT2D eigenvalue weighted by molar-refractivity contribution is 0.177. The van der Waals surface area contributed by atoms with E-state index in [1.807, 2.05) is 13.0 Å². The van der Waals surface area contributed by atoms with E-state index >= 15 is 0 Å². The molecule has 1 unspecified atom stereocenters. The van der Waals surface area contributed by atoms with Crippen LogP contribution < -0.4 is 9.47 Å². The molecule has 4 heteroatoms. The zero-order valence-corrected chi connectivity index (χ0v) is 12.4. The fourth-order valence-corrected chi connectivity index (χ4v) is 2.31. The summed E-state index contributed by atoms with van der Waals surface area (Å²) in [5.74, 6) is 0.930. The van der Waals surface area contributed by atoms with Gasteiger partial charge in [0.15, 0.2) is 11.5 Å². The van der Waals surface area contributed by atoms with E-state index in [1.54, 1.807) is 32.4 Å². The van der Waals surface area contributed by atoms with Crippen molar-refractivity contribution in [2.45, 2.75) is 19.4 Å². The quantitative estimate of drug-likeness (QED) is 0.917. The first-order valence-corrected chi connectivity index (χ1v) is 6.70. The summed E-state index contributed by atoms with van der Waals surface area (Å²) in [7, 11) is 3.13. The van der Waals surface area contributed by atoms with Gasteiger partial charge >= 0.3 is 0 Å². The molecule has 3 nitrogen and oxygen atoms in total. The highest BCUT2D eigenvalue weighted by Gasteiger charge is 2.15. The SMILES string of the molecule is COc1cc(C)c(C(O)Cc2ccc(F)cc2)cc1OC. The standard InChI is InChI=1S/C17H19FO3/c1-11-8-16(20-2)17(21-3)10-14(11)15(19)9-12-4-6-13(18)7-5-12/h4-8,10,15,19H,9H2,1-3H3. The Hall–Kier alpha value is -2.07. The van der Waals surface area contributed by atoms with E-state index in [0.29, 0.717) is 17.9 Å². The van der Waals surface area contributed by atoms with Crippen LogP contribution in [0.2, 0.25) is 0 Å². The third kappa shape index (κ3) is 3.52. The highest BCUT2D eigenvalue weighted by Crippen LogP contribution is 2.33. The van der Waals surface area contributed by atoms with Crippen molar-refractivity contribution in [2.75, 3.05) is 14.2 Å². The van der Waals surface area contributed by atoms with Gasteiger partial charge < -0.3 is 14.6 Å². The Balaban J connectivity index is 2.26. The molecule has 0 aromatic heterocycles. The lowest BCUT2D eigenvalue weighted by Gasteiger charge is -2.17. The molecule has 112 valence electrons. The molecule has 21 heavy (non-hydrogen) atoms. The third-order valence-electron chi connectivity index (χ3n) is 3.47. The minimum absolute atomic E-state index is 0.282. The van der Waals surface area contributed by atoms with Crippen molar-refractivity contribution in [1.82, 2.24) is 0 Å². The number of ether oxygens (including phenoxy) is 2. The van der Waals surface area contributed by atoms with Crippen LogP contribution in [0.25, 0.3) is 0 Å². The molecule has 1 N–H and O–H groups in total. The van der Waals surface area contributed by atoms with E-state index in [9.17, 15) is 9.50 Å². The van der Waals surface area contributed by atoms with E-state index in [0.717, 1.165) is 16.7 Å². The number of aliphatic hydroxyl groups is 1. The van der Waals surface area contributed by atoms with Gasteiger partial charge in [0.25, 0.3) is 0 Å². The molecule has 0 aliphatic heterocycles. The first-order chi connectivity index (χ1) is 10.0. The van der Waals surface area contributed by atoms with E-state index in [4.69, 9.17) is 9.47 Å². The third-order valence-corrected chi connectivity index (χ3v) is 3.47. The highest BCUT2D eigenvalue weighted by molar-refractivity contribution is 5.48. The Morgan fingerprint density at radius 3 is 2.19 bits per heavy atom. The number of hydrogen-bond donors (Lipinski definition) is 1. The number of aryl methyl sites for hydroxylation is 1. The molecule has 0 bridgehead atoms. The van der Waals surface area contributed by atoms with Gasteiger partial charge in [-0.25, -0.2) is 4.39 Å². The molecule has 2 aromatic rings. The molecule has 0 saturated heterocycles. The molecule has 0 aliphatic carbocycles. The van der Waals surface area contributed by atoms with Gasteiger partial charge in [0.05, 0.1) is 20.3 Å². The smallest absolute Gasteiger partial charge is 0.161 e. The predicted octanol–water partition coefficient (Wildman–Crippen LogP) is 3.43. The van der Waals surface area contributed by atoms with Crippen molar-refractivity contribution in [3.63, 3.8) is 0 Å².